The Bertz CT molecular complexity index is 442. The average molecular weight is 294 g/mol. The van der Waals surface area contributed by atoms with Gasteiger partial charge >= 0.3 is 0 Å². The maximum Gasteiger partial charge on any atom is 0.231 e. The van der Waals surface area contributed by atoms with Crippen molar-refractivity contribution in [3.63, 3.8) is 0 Å². The first-order chi connectivity index (χ1) is 9.85. The Morgan fingerprint density at radius 2 is 1.95 bits per heavy atom. The minimum absolute atomic E-state index is 0.642. The summed E-state index contributed by atoms with van der Waals surface area (Å²) in [5.74, 6) is 3.41. The lowest BCUT2D eigenvalue weighted by atomic mass is 10.2. The van der Waals surface area contributed by atoms with Crippen LogP contribution < -0.4 is 15.5 Å². The van der Waals surface area contributed by atoms with Gasteiger partial charge in [0, 0.05) is 31.9 Å². The third-order valence-electron chi connectivity index (χ3n) is 3.75. The van der Waals surface area contributed by atoms with Crippen LogP contribution in [0.4, 0.5) is 17.8 Å². The van der Waals surface area contributed by atoms with E-state index >= 15 is 0 Å². The molecule has 6 nitrogen and oxygen atoms in total. The van der Waals surface area contributed by atoms with Crippen molar-refractivity contribution in [3.05, 3.63) is 0 Å². The first kappa shape index (κ1) is 13.7. The number of anilines is 3. The summed E-state index contributed by atoms with van der Waals surface area (Å²) in [5.41, 5.74) is 0. The van der Waals surface area contributed by atoms with Crippen molar-refractivity contribution in [1.29, 1.82) is 0 Å². The van der Waals surface area contributed by atoms with Crippen molar-refractivity contribution in [2.45, 2.75) is 30.9 Å². The molecule has 0 bridgehead atoms. The van der Waals surface area contributed by atoms with Gasteiger partial charge < -0.3 is 15.5 Å². The summed E-state index contributed by atoms with van der Waals surface area (Å²) in [4.78, 5) is 15.7. The molecule has 2 fully saturated rings. The van der Waals surface area contributed by atoms with Crippen molar-refractivity contribution < 1.29 is 0 Å². The van der Waals surface area contributed by atoms with Crippen molar-refractivity contribution >= 4 is 29.6 Å². The van der Waals surface area contributed by atoms with E-state index in [1.165, 1.54) is 31.4 Å². The van der Waals surface area contributed by atoms with Gasteiger partial charge in [-0.25, -0.2) is 0 Å². The van der Waals surface area contributed by atoms with Gasteiger partial charge in [0.05, 0.1) is 0 Å². The predicted octanol–water partition coefficient (Wildman–Crippen LogP) is 1.82. The van der Waals surface area contributed by atoms with Gasteiger partial charge in [0.1, 0.15) is 0 Å². The van der Waals surface area contributed by atoms with Crippen LogP contribution in [0.2, 0.25) is 0 Å². The number of thioether (sulfide) groups is 1. The second-order valence-corrected chi connectivity index (χ2v) is 6.65. The molecule has 110 valence electrons. The van der Waals surface area contributed by atoms with Crippen molar-refractivity contribution in [3.8, 4) is 0 Å². The number of hydrogen-bond acceptors (Lipinski definition) is 7. The number of nitrogens with one attached hydrogen (secondary N) is 2. The van der Waals surface area contributed by atoms with Gasteiger partial charge in [-0.05, 0) is 31.4 Å². The highest BCUT2D eigenvalue weighted by Gasteiger charge is 2.19. The van der Waals surface area contributed by atoms with Gasteiger partial charge in [-0.1, -0.05) is 0 Å². The number of hydrogen-bond donors (Lipinski definition) is 2. The van der Waals surface area contributed by atoms with Crippen LogP contribution in [0.25, 0.3) is 0 Å². The fourth-order valence-corrected chi connectivity index (χ4v) is 3.83. The molecule has 20 heavy (non-hydrogen) atoms. The molecular weight excluding hydrogens is 272 g/mol. The topological polar surface area (TPSA) is 66.0 Å². The van der Waals surface area contributed by atoms with Gasteiger partial charge in [0.2, 0.25) is 17.8 Å². The van der Waals surface area contributed by atoms with Gasteiger partial charge in [0.25, 0.3) is 0 Å². The van der Waals surface area contributed by atoms with E-state index in [1.807, 2.05) is 18.8 Å². The van der Waals surface area contributed by atoms with Crippen LogP contribution >= 0.6 is 11.8 Å². The molecule has 3 rings (SSSR count). The molecule has 0 aliphatic carbocycles. The molecule has 0 amide bonds. The molecular formula is C13H22N6S. The largest absolute Gasteiger partial charge is 0.357 e. The van der Waals surface area contributed by atoms with Crippen molar-refractivity contribution in [1.82, 2.24) is 15.0 Å². The summed E-state index contributed by atoms with van der Waals surface area (Å²) in [5, 5.41) is 7.10. The second-order valence-electron chi connectivity index (χ2n) is 5.24. The van der Waals surface area contributed by atoms with Gasteiger partial charge in [-0.3, -0.25) is 0 Å². The lowest BCUT2D eigenvalue weighted by molar-refractivity contribution is 0.797. The second kappa shape index (κ2) is 6.47. The Hall–Kier alpha value is -1.24. The number of aromatic nitrogens is 3. The Labute approximate surface area is 124 Å². The molecule has 7 heteroatoms. The molecule has 2 saturated heterocycles. The normalized spacial score (nSPS) is 22.2. The van der Waals surface area contributed by atoms with Gasteiger partial charge in [-0.15, -0.1) is 0 Å². The number of nitrogens with zero attached hydrogens (tertiary/aromatic N) is 4. The monoisotopic (exact) mass is 294 g/mol. The minimum atomic E-state index is 0.642. The fraction of sp³-hybridized carbons (Fsp3) is 0.769. The van der Waals surface area contributed by atoms with E-state index in [1.54, 1.807) is 0 Å². The smallest absolute Gasteiger partial charge is 0.231 e. The van der Waals surface area contributed by atoms with E-state index in [0.29, 0.717) is 17.1 Å². The Kier molecular flexibility index (Phi) is 4.44. The maximum atomic E-state index is 4.57. The maximum absolute atomic E-state index is 4.57. The van der Waals surface area contributed by atoms with E-state index in [4.69, 9.17) is 0 Å². The van der Waals surface area contributed by atoms with Gasteiger partial charge in [-0.2, -0.15) is 26.7 Å². The molecule has 3 heterocycles. The summed E-state index contributed by atoms with van der Waals surface area (Å²) < 4.78 is 0. The molecule has 0 spiro atoms. The van der Waals surface area contributed by atoms with Crippen molar-refractivity contribution in [2.75, 3.05) is 48.0 Å². The first-order valence-corrected chi connectivity index (χ1v) is 8.44. The highest BCUT2D eigenvalue weighted by molar-refractivity contribution is 8.00. The third-order valence-corrected chi connectivity index (χ3v) is 5.15. The third kappa shape index (κ3) is 3.26. The summed E-state index contributed by atoms with van der Waals surface area (Å²) in [6.45, 7) is 3.04. The van der Waals surface area contributed by atoms with E-state index < -0.39 is 0 Å². The molecule has 1 atom stereocenters. The SMILES string of the molecule is CNc1nc(NCC2CCCS2)nc(N2CCCC2)n1. The molecule has 2 aliphatic heterocycles. The molecule has 2 N–H and O–H groups in total. The van der Waals surface area contributed by atoms with Crippen LogP contribution in [-0.4, -0.2) is 52.6 Å². The van der Waals surface area contributed by atoms with E-state index in [-0.39, 0.29) is 0 Å². The summed E-state index contributed by atoms with van der Waals surface area (Å²) in [7, 11) is 1.85. The lowest BCUT2D eigenvalue weighted by Gasteiger charge is -2.17. The zero-order valence-electron chi connectivity index (χ0n) is 11.9. The highest BCUT2D eigenvalue weighted by atomic mass is 32.2. The van der Waals surface area contributed by atoms with E-state index in [9.17, 15) is 0 Å². The standard InChI is InChI=1S/C13H22N6S/c1-14-11-16-12(15-9-10-5-4-8-20-10)18-13(17-11)19-6-2-3-7-19/h10H,2-9H2,1H3,(H2,14,15,16,17,18). The lowest BCUT2D eigenvalue weighted by Crippen LogP contribution is -2.23. The molecule has 0 saturated carbocycles. The van der Waals surface area contributed by atoms with Crippen LogP contribution in [0.1, 0.15) is 25.7 Å². The van der Waals surface area contributed by atoms with Crippen LogP contribution in [0.5, 0.6) is 0 Å². The van der Waals surface area contributed by atoms with Crippen molar-refractivity contribution in [2.24, 2.45) is 0 Å². The van der Waals surface area contributed by atoms with E-state index in [0.717, 1.165) is 25.6 Å². The van der Waals surface area contributed by atoms with Gasteiger partial charge in [0.15, 0.2) is 0 Å². The molecule has 0 aromatic carbocycles. The molecule has 2 aliphatic rings. The van der Waals surface area contributed by atoms with Crippen LogP contribution in [0.3, 0.4) is 0 Å². The fourth-order valence-electron chi connectivity index (χ4n) is 2.62. The average Bonchev–Trinajstić information content (AvgIpc) is 3.17. The zero-order valence-corrected chi connectivity index (χ0v) is 12.7. The molecule has 0 radical (unpaired) electrons. The number of rotatable bonds is 5. The Morgan fingerprint density at radius 3 is 2.65 bits per heavy atom. The van der Waals surface area contributed by atoms with Crippen LogP contribution in [-0.2, 0) is 0 Å². The predicted molar refractivity (Wildman–Crippen MR) is 84.8 cm³/mol. The molecule has 1 aromatic rings. The highest BCUT2D eigenvalue weighted by Crippen LogP contribution is 2.26. The van der Waals surface area contributed by atoms with Crippen LogP contribution in [0, 0.1) is 0 Å². The summed E-state index contributed by atoms with van der Waals surface area (Å²) in [6, 6.07) is 0. The van der Waals surface area contributed by atoms with Crippen LogP contribution in [0.15, 0.2) is 0 Å². The Morgan fingerprint density at radius 1 is 1.15 bits per heavy atom. The Balaban J connectivity index is 1.69. The quantitative estimate of drug-likeness (QED) is 0.858. The first-order valence-electron chi connectivity index (χ1n) is 7.39. The summed E-state index contributed by atoms with van der Waals surface area (Å²) in [6.07, 6.45) is 5.07. The molecule has 1 aromatic heterocycles. The molecule has 1 unspecified atom stereocenters. The minimum Gasteiger partial charge on any atom is -0.357 e. The van der Waals surface area contributed by atoms with E-state index in [2.05, 4.69) is 30.5 Å². The zero-order chi connectivity index (χ0) is 13.8. The summed E-state index contributed by atoms with van der Waals surface area (Å²) >= 11 is 2.04.